The van der Waals surface area contributed by atoms with Gasteiger partial charge >= 0.3 is 0 Å². The van der Waals surface area contributed by atoms with Crippen LogP contribution < -0.4 is 5.32 Å². The molecule has 0 bridgehead atoms. The molecular weight excluding hydrogens is 276 g/mol. The summed E-state index contributed by atoms with van der Waals surface area (Å²) in [6, 6.07) is 4.56. The van der Waals surface area contributed by atoms with Gasteiger partial charge in [0.25, 0.3) is 5.91 Å². The molecule has 0 saturated carbocycles. The lowest BCUT2D eigenvalue weighted by Crippen LogP contribution is -2.42. The van der Waals surface area contributed by atoms with Crippen molar-refractivity contribution in [3.05, 3.63) is 35.8 Å². The Bertz CT molecular complexity index is 664. The summed E-state index contributed by atoms with van der Waals surface area (Å²) in [5.41, 5.74) is 2.44. The van der Waals surface area contributed by atoms with Crippen LogP contribution >= 0.6 is 0 Å². The summed E-state index contributed by atoms with van der Waals surface area (Å²) in [7, 11) is 0. The molecule has 0 spiro atoms. The average molecular weight is 300 g/mol. The van der Waals surface area contributed by atoms with Crippen LogP contribution in [0.15, 0.2) is 24.5 Å². The molecule has 1 N–H and O–H groups in total. The Hall–Kier alpha value is -1.88. The lowest BCUT2D eigenvalue weighted by Gasteiger charge is -2.33. The quantitative estimate of drug-likeness (QED) is 0.942. The number of hydrogen-bond donors (Lipinski definition) is 1. The molecule has 0 radical (unpaired) electrons. The van der Waals surface area contributed by atoms with Crippen molar-refractivity contribution in [2.45, 2.75) is 39.2 Å². The second-order valence-corrected chi connectivity index (χ2v) is 6.23. The number of aryl methyl sites for hydroxylation is 1. The maximum Gasteiger partial charge on any atom is 0.271 e. The van der Waals surface area contributed by atoms with E-state index >= 15 is 0 Å². The molecule has 1 saturated heterocycles. The van der Waals surface area contributed by atoms with Gasteiger partial charge in [-0.3, -0.25) is 9.69 Å². The van der Waals surface area contributed by atoms with Crippen molar-refractivity contribution < 1.29 is 4.79 Å². The normalized spacial score (nSPS) is 19.5. The molecule has 5 nitrogen and oxygen atoms in total. The van der Waals surface area contributed by atoms with Crippen molar-refractivity contribution in [2.24, 2.45) is 0 Å². The Morgan fingerprint density at radius 2 is 2.23 bits per heavy atom. The molecule has 2 aromatic heterocycles. The molecule has 3 rings (SSSR count). The largest absolute Gasteiger partial charge is 0.349 e. The van der Waals surface area contributed by atoms with Gasteiger partial charge in [-0.15, -0.1) is 0 Å². The van der Waals surface area contributed by atoms with Gasteiger partial charge in [-0.2, -0.15) is 0 Å². The highest BCUT2D eigenvalue weighted by Crippen LogP contribution is 2.15. The number of pyridine rings is 1. The number of carbonyl (C=O) groups excluding carboxylic acids is 1. The zero-order chi connectivity index (χ0) is 15.5. The van der Waals surface area contributed by atoms with Crippen molar-refractivity contribution in [2.75, 3.05) is 19.6 Å². The summed E-state index contributed by atoms with van der Waals surface area (Å²) in [6.45, 7) is 7.03. The standard InChI is InChI=1S/C17H24N4O/c1-13-6-7-16-19-15(12-21(16)11-13)17(22)18-8-10-20-9-4-3-5-14(20)2/h6-7,11-12,14H,3-5,8-10H2,1-2H3,(H,18,22)/t14-/m1/s1. The van der Waals surface area contributed by atoms with Crippen LogP contribution in [0.2, 0.25) is 0 Å². The van der Waals surface area contributed by atoms with Crippen LogP contribution in [0.4, 0.5) is 0 Å². The highest BCUT2D eigenvalue weighted by atomic mass is 16.1. The minimum Gasteiger partial charge on any atom is -0.349 e. The van der Waals surface area contributed by atoms with Crippen LogP contribution in [0.5, 0.6) is 0 Å². The van der Waals surface area contributed by atoms with Gasteiger partial charge in [-0.05, 0) is 44.9 Å². The van der Waals surface area contributed by atoms with Gasteiger partial charge in [-0.1, -0.05) is 12.5 Å². The topological polar surface area (TPSA) is 49.6 Å². The third-order valence-corrected chi connectivity index (χ3v) is 4.46. The van der Waals surface area contributed by atoms with Gasteiger partial charge in [0.05, 0.1) is 0 Å². The van der Waals surface area contributed by atoms with Crippen molar-refractivity contribution in [3.63, 3.8) is 0 Å². The molecule has 2 aromatic rings. The number of fused-ring (bicyclic) bond motifs is 1. The van der Waals surface area contributed by atoms with E-state index in [4.69, 9.17) is 0 Å². The average Bonchev–Trinajstić information content (AvgIpc) is 2.92. The number of nitrogens with zero attached hydrogens (tertiary/aromatic N) is 3. The third kappa shape index (κ3) is 3.30. The van der Waals surface area contributed by atoms with E-state index in [-0.39, 0.29) is 5.91 Å². The fraction of sp³-hybridized carbons (Fsp3) is 0.529. The molecule has 0 aliphatic carbocycles. The van der Waals surface area contributed by atoms with Crippen LogP contribution in [0.3, 0.4) is 0 Å². The molecule has 0 aromatic carbocycles. The molecule has 1 atom stereocenters. The molecule has 3 heterocycles. The van der Waals surface area contributed by atoms with Gasteiger partial charge in [0.1, 0.15) is 11.3 Å². The summed E-state index contributed by atoms with van der Waals surface area (Å²) in [5, 5.41) is 2.99. The van der Waals surface area contributed by atoms with E-state index in [1.807, 2.05) is 29.7 Å². The molecule has 5 heteroatoms. The summed E-state index contributed by atoms with van der Waals surface area (Å²) in [6.07, 6.45) is 7.63. The molecule has 1 aliphatic rings. The Morgan fingerprint density at radius 3 is 3.05 bits per heavy atom. The Labute approximate surface area is 131 Å². The maximum absolute atomic E-state index is 12.2. The fourth-order valence-electron chi connectivity index (χ4n) is 3.11. The van der Waals surface area contributed by atoms with Gasteiger partial charge in [0, 0.05) is 31.5 Å². The van der Waals surface area contributed by atoms with Crippen LogP contribution in [-0.4, -0.2) is 45.9 Å². The number of likely N-dealkylation sites (tertiary alicyclic amines) is 1. The second kappa shape index (κ2) is 6.48. The van der Waals surface area contributed by atoms with Crippen molar-refractivity contribution in [1.82, 2.24) is 19.6 Å². The first-order chi connectivity index (χ1) is 10.6. The van der Waals surface area contributed by atoms with Crippen molar-refractivity contribution >= 4 is 11.6 Å². The molecule has 118 valence electrons. The van der Waals surface area contributed by atoms with E-state index in [1.54, 1.807) is 6.20 Å². The van der Waals surface area contributed by atoms with E-state index in [0.29, 0.717) is 18.3 Å². The SMILES string of the molecule is Cc1ccc2nc(C(=O)NCCN3CCCC[C@H]3C)cn2c1. The van der Waals surface area contributed by atoms with Gasteiger partial charge < -0.3 is 9.72 Å². The Kier molecular flexibility index (Phi) is 4.43. The van der Waals surface area contributed by atoms with E-state index in [0.717, 1.165) is 24.3 Å². The van der Waals surface area contributed by atoms with E-state index < -0.39 is 0 Å². The predicted octanol–water partition coefficient (Wildman–Crippen LogP) is 2.25. The first kappa shape index (κ1) is 15.0. The number of imidazole rings is 1. The van der Waals surface area contributed by atoms with Crippen molar-refractivity contribution in [1.29, 1.82) is 0 Å². The lowest BCUT2D eigenvalue weighted by molar-refractivity contribution is 0.0934. The number of aromatic nitrogens is 2. The van der Waals surface area contributed by atoms with Gasteiger partial charge in [0.2, 0.25) is 0 Å². The van der Waals surface area contributed by atoms with Crippen LogP contribution in [0.25, 0.3) is 5.65 Å². The number of amides is 1. The van der Waals surface area contributed by atoms with Gasteiger partial charge in [-0.25, -0.2) is 4.98 Å². The predicted molar refractivity (Wildman–Crippen MR) is 87.1 cm³/mol. The molecule has 1 amide bonds. The highest BCUT2D eigenvalue weighted by Gasteiger charge is 2.18. The number of nitrogens with one attached hydrogen (secondary N) is 1. The smallest absolute Gasteiger partial charge is 0.271 e. The molecular formula is C17H24N4O. The lowest BCUT2D eigenvalue weighted by atomic mass is 10.0. The number of carbonyl (C=O) groups is 1. The minimum absolute atomic E-state index is 0.0917. The van der Waals surface area contributed by atoms with Crippen LogP contribution in [0, 0.1) is 6.92 Å². The maximum atomic E-state index is 12.2. The fourth-order valence-corrected chi connectivity index (χ4v) is 3.11. The first-order valence-electron chi connectivity index (χ1n) is 8.11. The Balaban J connectivity index is 1.56. The molecule has 1 fully saturated rings. The monoisotopic (exact) mass is 300 g/mol. The van der Waals surface area contributed by atoms with Gasteiger partial charge in [0.15, 0.2) is 0 Å². The zero-order valence-corrected chi connectivity index (χ0v) is 13.4. The number of hydrogen-bond acceptors (Lipinski definition) is 3. The summed E-state index contributed by atoms with van der Waals surface area (Å²) < 4.78 is 1.90. The van der Waals surface area contributed by atoms with Crippen LogP contribution in [-0.2, 0) is 0 Å². The van der Waals surface area contributed by atoms with Crippen molar-refractivity contribution in [3.8, 4) is 0 Å². The van der Waals surface area contributed by atoms with Crippen LogP contribution in [0.1, 0.15) is 42.2 Å². The Morgan fingerprint density at radius 1 is 1.36 bits per heavy atom. The summed E-state index contributed by atoms with van der Waals surface area (Å²) >= 11 is 0. The van der Waals surface area contributed by atoms with E-state index in [9.17, 15) is 4.79 Å². The summed E-state index contributed by atoms with van der Waals surface area (Å²) in [5.74, 6) is -0.0917. The summed E-state index contributed by atoms with van der Waals surface area (Å²) in [4.78, 5) is 19.0. The zero-order valence-electron chi connectivity index (χ0n) is 13.4. The number of piperidine rings is 1. The molecule has 1 aliphatic heterocycles. The number of rotatable bonds is 4. The van der Waals surface area contributed by atoms with E-state index in [2.05, 4.69) is 22.1 Å². The second-order valence-electron chi connectivity index (χ2n) is 6.23. The molecule has 22 heavy (non-hydrogen) atoms. The highest BCUT2D eigenvalue weighted by molar-refractivity contribution is 5.92. The minimum atomic E-state index is -0.0917. The third-order valence-electron chi connectivity index (χ3n) is 4.46. The molecule has 0 unspecified atom stereocenters. The first-order valence-corrected chi connectivity index (χ1v) is 8.11. The van der Waals surface area contributed by atoms with E-state index in [1.165, 1.54) is 19.3 Å².